The topological polar surface area (TPSA) is 71.8 Å². The molecule has 5 aromatic rings. The fourth-order valence-electron chi connectivity index (χ4n) is 8.02. The predicted molar refractivity (Wildman–Crippen MR) is 214 cm³/mol. The van der Waals surface area contributed by atoms with Crippen molar-refractivity contribution in [2.45, 2.75) is 77.3 Å². The average Bonchev–Trinajstić information content (AvgIpc) is 3.14. The molecule has 0 unspecified atom stereocenters. The number of hydrogen-bond donors (Lipinski definition) is 0. The lowest BCUT2D eigenvalue weighted by Crippen LogP contribution is -2.70. The molecule has 1 aliphatic heterocycles. The molecule has 9 heteroatoms. The SMILES string of the molecule is COc1nc(=O)n2c(c1C)CC(CO[Si](c1ccccc1)(c1ccccc1)C(C)(C)C)(CO[Si](c1ccccc1)(c1ccccc1)C(C)(C)C)OC2. The molecule has 0 amide bonds. The van der Waals surface area contributed by atoms with Crippen LogP contribution in [0.5, 0.6) is 5.88 Å². The molecule has 1 aliphatic rings. The first kappa shape index (κ1) is 37.6. The second-order valence-corrected chi connectivity index (χ2v) is 24.6. The molecule has 1 aromatic heterocycles. The Balaban J connectivity index is 1.53. The normalized spacial score (nSPS) is 14.8. The van der Waals surface area contributed by atoms with Crippen LogP contribution in [0.15, 0.2) is 126 Å². The molecular weight excluding hydrogens is 681 g/mol. The van der Waals surface area contributed by atoms with Crippen LogP contribution in [0.25, 0.3) is 0 Å². The third-order valence-electron chi connectivity index (χ3n) is 10.6. The van der Waals surface area contributed by atoms with Crippen LogP contribution < -0.4 is 31.2 Å². The summed E-state index contributed by atoms with van der Waals surface area (Å²) >= 11 is 0. The minimum atomic E-state index is -2.98. The minimum Gasteiger partial charge on any atom is -0.481 e. The van der Waals surface area contributed by atoms with Gasteiger partial charge >= 0.3 is 5.69 Å². The number of rotatable bonds is 11. The summed E-state index contributed by atoms with van der Waals surface area (Å²) in [5.74, 6) is 0.327. The third-order valence-corrected chi connectivity index (χ3v) is 20.6. The molecule has 0 fully saturated rings. The van der Waals surface area contributed by atoms with Gasteiger partial charge in [0.1, 0.15) is 12.3 Å². The summed E-state index contributed by atoms with van der Waals surface area (Å²) in [6.07, 6.45) is 0.378. The van der Waals surface area contributed by atoms with Gasteiger partial charge in [-0.15, -0.1) is 0 Å². The quantitative estimate of drug-likeness (QED) is 0.156. The average molecular weight is 733 g/mol. The van der Waals surface area contributed by atoms with Gasteiger partial charge in [-0.25, -0.2) is 4.79 Å². The number of benzene rings is 4. The zero-order valence-electron chi connectivity index (χ0n) is 31.8. The van der Waals surface area contributed by atoms with Crippen LogP contribution in [0.3, 0.4) is 0 Å². The lowest BCUT2D eigenvalue weighted by molar-refractivity contribution is -0.143. The molecule has 0 atom stereocenters. The first-order valence-electron chi connectivity index (χ1n) is 18.1. The standard InChI is InChI=1S/C43H52N2O5Si2/c1-33-38-29-43(48-32-45(38)40(46)44-39(33)47-8,30-49-51(41(2,3)4,34-21-13-9-14-22-34)35-23-15-10-16-24-35)31-50-52(42(5,6)7,36-25-17-11-18-26-36)37-27-19-12-20-28-37/h9-28H,29-32H2,1-8H3. The van der Waals surface area contributed by atoms with Crippen molar-refractivity contribution in [1.82, 2.24) is 9.55 Å². The van der Waals surface area contributed by atoms with Gasteiger partial charge in [0, 0.05) is 17.7 Å². The fourth-order valence-corrected chi connectivity index (χ4v) is 17.3. The molecular formula is C43H52N2O5Si2. The Bertz CT molecular complexity index is 1820. The highest BCUT2D eigenvalue weighted by molar-refractivity contribution is 7.00. The van der Waals surface area contributed by atoms with Crippen LogP contribution in [0.4, 0.5) is 0 Å². The maximum Gasteiger partial charge on any atom is 0.352 e. The summed E-state index contributed by atoms with van der Waals surface area (Å²) in [5, 5.41) is 4.25. The Morgan fingerprint density at radius 1 is 0.673 bits per heavy atom. The molecule has 0 N–H and O–H groups in total. The van der Waals surface area contributed by atoms with Crippen molar-refractivity contribution >= 4 is 37.4 Å². The summed E-state index contributed by atoms with van der Waals surface area (Å²) in [7, 11) is -4.41. The minimum absolute atomic E-state index is 0.0280. The molecule has 272 valence electrons. The van der Waals surface area contributed by atoms with E-state index < -0.39 is 27.9 Å². The van der Waals surface area contributed by atoms with Gasteiger partial charge in [0.2, 0.25) is 5.88 Å². The van der Waals surface area contributed by atoms with E-state index in [1.54, 1.807) is 11.7 Å². The first-order valence-corrected chi connectivity index (χ1v) is 21.9. The Morgan fingerprint density at radius 2 is 1.04 bits per heavy atom. The summed E-state index contributed by atoms with van der Waals surface area (Å²) in [4.78, 5) is 17.5. The second kappa shape index (κ2) is 14.7. The molecule has 0 bridgehead atoms. The molecule has 2 heterocycles. The van der Waals surface area contributed by atoms with Crippen molar-refractivity contribution in [2.24, 2.45) is 0 Å². The molecule has 7 nitrogen and oxygen atoms in total. The van der Waals surface area contributed by atoms with Crippen molar-refractivity contribution in [1.29, 1.82) is 0 Å². The van der Waals surface area contributed by atoms with Gasteiger partial charge in [-0.2, -0.15) is 4.98 Å². The highest BCUT2D eigenvalue weighted by Gasteiger charge is 2.55. The van der Waals surface area contributed by atoms with Crippen LogP contribution in [0.2, 0.25) is 10.1 Å². The molecule has 52 heavy (non-hydrogen) atoms. The van der Waals surface area contributed by atoms with E-state index in [0.717, 1.165) is 11.3 Å². The number of methoxy groups -OCH3 is 1. The van der Waals surface area contributed by atoms with Crippen LogP contribution in [-0.4, -0.2) is 52.1 Å². The second-order valence-electron chi connectivity index (χ2n) is 15.9. The number of ether oxygens (including phenoxy) is 2. The van der Waals surface area contributed by atoms with Gasteiger partial charge in [0.05, 0.1) is 20.3 Å². The molecule has 0 spiro atoms. The van der Waals surface area contributed by atoms with Crippen molar-refractivity contribution in [2.75, 3.05) is 20.3 Å². The number of nitrogens with zero attached hydrogens (tertiary/aromatic N) is 2. The molecule has 0 aliphatic carbocycles. The van der Waals surface area contributed by atoms with Crippen molar-refractivity contribution < 1.29 is 18.3 Å². The van der Waals surface area contributed by atoms with Crippen molar-refractivity contribution in [3.05, 3.63) is 143 Å². The molecule has 0 saturated carbocycles. The lowest BCUT2D eigenvalue weighted by Gasteiger charge is -2.49. The van der Waals surface area contributed by atoms with E-state index in [1.807, 2.05) is 6.92 Å². The van der Waals surface area contributed by atoms with E-state index in [-0.39, 0.29) is 30.0 Å². The van der Waals surface area contributed by atoms with E-state index in [0.29, 0.717) is 12.3 Å². The smallest absolute Gasteiger partial charge is 0.352 e. The van der Waals surface area contributed by atoms with Gasteiger partial charge < -0.3 is 18.3 Å². The van der Waals surface area contributed by atoms with Crippen molar-refractivity contribution in [3.8, 4) is 5.88 Å². The van der Waals surface area contributed by atoms with E-state index in [9.17, 15) is 4.79 Å². The van der Waals surface area contributed by atoms with Gasteiger partial charge in [0.15, 0.2) is 0 Å². The Hall–Kier alpha value is -4.13. The first-order chi connectivity index (χ1) is 24.8. The summed E-state index contributed by atoms with van der Waals surface area (Å²) in [6, 6.07) is 42.6. The highest BCUT2D eigenvalue weighted by Crippen LogP contribution is 2.41. The highest BCUT2D eigenvalue weighted by atomic mass is 28.4. The maximum atomic E-state index is 13.3. The summed E-state index contributed by atoms with van der Waals surface area (Å²) in [5.41, 5.74) is 0.279. The van der Waals surface area contributed by atoms with Crippen LogP contribution in [0, 0.1) is 6.92 Å². The molecule has 0 radical (unpaired) electrons. The number of fused-ring (bicyclic) bond motifs is 1. The monoisotopic (exact) mass is 732 g/mol. The van der Waals surface area contributed by atoms with Gasteiger partial charge in [-0.3, -0.25) is 4.57 Å². The van der Waals surface area contributed by atoms with Crippen LogP contribution >= 0.6 is 0 Å². The summed E-state index contributed by atoms with van der Waals surface area (Å²) < 4.78 is 29.4. The zero-order chi connectivity index (χ0) is 37.2. The molecule has 0 saturated heterocycles. The predicted octanol–water partition coefficient (Wildman–Crippen LogP) is 5.98. The van der Waals surface area contributed by atoms with Crippen molar-refractivity contribution in [3.63, 3.8) is 0 Å². The van der Waals surface area contributed by atoms with Crippen LogP contribution in [0.1, 0.15) is 52.8 Å². The Labute approximate surface area is 310 Å². The lowest BCUT2D eigenvalue weighted by atomic mass is 9.95. The molecule has 6 rings (SSSR count). The number of aromatic nitrogens is 2. The van der Waals surface area contributed by atoms with Crippen LogP contribution in [-0.2, 0) is 26.7 Å². The third kappa shape index (κ3) is 6.76. The van der Waals surface area contributed by atoms with Gasteiger partial charge in [-0.1, -0.05) is 163 Å². The Morgan fingerprint density at radius 3 is 1.37 bits per heavy atom. The summed E-state index contributed by atoms with van der Waals surface area (Å²) in [6.45, 7) is 16.2. The van der Waals surface area contributed by atoms with E-state index in [2.05, 4.69) is 168 Å². The van der Waals surface area contributed by atoms with Gasteiger partial charge in [0.25, 0.3) is 16.6 Å². The Kier molecular flexibility index (Phi) is 10.6. The number of hydrogen-bond acceptors (Lipinski definition) is 6. The van der Waals surface area contributed by atoms with E-state index in [1.165, 1.54) is 20.7 Å². The molecule has 4 aromatic carbocycles. The maximum absolute atomic E-state index is 13.3. The largest absolute Gasteiger partial charge is 0.481 e. The fraction of sp³-hybridized carbons (Fsp3) is 0.349. The zero-order valence-corrected chi connectivity index (χ0v) is 33.8. The van der Waals surface area contributed by atoms with Gasteiger partial charge in [-0.05, 0) is 37.7 Å². The van der Waals surface area contributed by atoms with E-state index in [4.69, 9.17) is 18.3 Å². The van der Waals surface area contributed by atoms with E-state index >= 15 is 0 Å².